The van der Waals surface area contributed by atoms with Gasteiger partial charge >= 0.3 is 0 Å². The molecule has 2 rings (SSSR count). The second-order valence-electron chi connectivity index (χ2n) is 6.18. The molecule has 0 saturated carbocycles. The molecule has 5 nitrogen and oxygen atoms in total. The number of carbonyl (C=O) groups excluding carboxylic acids is 1. The zero-order chi connectivity index (χ0) is 19.8. The highest BCUT2D eigenvalue weighted by Gasteiger charge is 2.15. The lowest BCUT2D eigenvalue weighted by atomic mass is 10.1. The molecule has 0 spiro atoms. The number of hydrogen-bond acceptors (Lipinski definition) is 4. The van der Waals surface area contributed by atoms with E-state index in [9.17, 15) is 10.1 Å². The van der Waals surface area contributed by atoms with Crippen molar-refractivity contribution in [2.75, 3.05) is 12.4 Å². The third kappa shape index (κ3) is 5.11. The van der Waals surface area contributed by atoms with Crippen molar-refractivity contribution >= 4 is 17.7 Å². The van der Waals surface area contributed by atoms with Gasteiger partial charge in [0.1, 0.15) is 11.6 Å². The summed E-state index contributed by atoms with van der Waals surface area (Å²) in [6.45, 7) is 5.82. The number of rotatable bonds is 7. The van der Waals surface area contributed by atoms with Gasteiger partial charge in [-0.3, -0.25) is 4.79 Å². The van der Waals surface area contributed by atoms with Crippen molar-refractivity contribution in [3.05, 3.63) is 59.2 Å². The van der Waals surface area contributed by atoms with E-state index >= 15 is 0 Å². The number of methoxy groups -OCH3 is 1. The van der Waals surface area contributed by atoms with Gasteiger partial charge in [0.15, 0.2) is 11.5 Å². The van der Waals surface area contributed by atoms with Crippen molar-refractivity contribution in [3.8, 4) is 17.6 Å². The molecule has 0 aliphatic heterocycles. The Morgan fingerprint density at radius 2 is 1.96 bits per heavy atom. The fraction of sp³-hybridized carbons (Fsp3) is 0.273. The van der Waals surface area contributed by atoms with E-state index in [1.54, 1.807) is 25.3 Å². The molecule has 0 aliphatic carbocycles. The Kier molecular flexibility index (Phi) is 7.01. The van der Waals surface area contributed by atoms with Crippen LogP contribution in [0.1, 0.15) is 31.9 Å². The SMILES string of the molecule is CCc1ccccc1NC(=O)/C(C#N)=C\c1cccc(OC)c1OC(C)C. The number of amides is 1. The highest BCUT2D eigenvalue weighted by molar-refractivity contribution is 6.10. The molecule has 0 saturated heterocycles. The van der Waals surface area contributed by atoms with Gasteiger partial charge in [-0.15, -0.1) is 0 Å². The average molecular weight is 364 g/mol. The first-order valence-electron chi connectivity index (χ1n) is 8.84. The quantitative estimate of drug-likeness (QED) is 0.576. The lowest BCUT2D eigenvalue weighted by Crippen LogP contribution is -2.15. The minimum atomic E-state index is -0.461. The summed E-state index contributed by atoms with van der Waals surface area (Å²) in [5.74, 6) is 0.590. The summed E-state index contributed by atoms with van der Waals surface area (Å²) in [5, 5.41) is 12.3. The molecule has 1 N–H and O–H groups in total. The molecule has 0 aromatic heterocycles. The molecule has 1 amide bonds. The lowest BCUT2D eigenvalue weighted by molar-refractivity contribution is -0.112. The zero-order valence-corrected chi connectivity index (χ0v) is 16.1. The number of benzene rings is 2. The summed E-state index contributed by atoms with van der Waals surface area (Å²) in [7, 11) is 1.55. The molecule has 0 atom stereocenters. The van der Waals surface area contributed by atoms with Crippen LogP contribution in [-0.4, -0.2) is 19.1 Å². The van der Waals surface area contributed by atoms with Crippen LogP contribution in [0, 0.1) is 11.3 Å². The molecule has 2 aromatic carbocycles. The summed E-state index contributed by atoms with van der Waals surface area (Å²) in [6.07, 6.45) is 2.22. The van der Waals surface area contributed by atoms with Crippen LogP contribution in [0.5, 0.6) is 11.5 Å². The van der Waals surface area contributed by atoms with Crippen LogP contribution in [0.4, 0.5) is 5.69 Å². The number of aryl methyl sites for hydroxylation is 1. The van der Waals surface area contributed by atoms with Gasteiger partial charge in [0.2, 0.25) is 0 Å². The van der Waals surface area contributed by atoms with Crippen LogP contribution in [0.25, 0.3) is 6.08 Å². The van der Waals surface area contributed by atoms with Gasteiger partial charge in [-0.05, 0) is 44.0 Å². The third-order valence-electron chi connectivity index (χ3n) is 3.89. The second-order valence-corrected chi connectivity index (χ2v) is 6.18. The number of nitriles is 1. The summed E-state index contributed by atoms with van der Waals surface area (Å²) in [6, 6.07) is 14.9. The van der Waals surface area contributed by atoms with Gasteiger partial charge in [-0.2, -0.15) is 5.26 Å². The lowest BCUT2D eigenvalue weighted by Gasteiger charge is -2.16. The van der Waals surface area contributed by atoms with Gasteiger partial charge < -0.3 is 14.8 Å². The molecule has 0 aliphatic rings. The van der Waals surface area contributed by atoms with E-state index in [1.807, 2.05) is 51.1 Å². The zero-order valence-electron chi connectivity index (χ0n) is 16.1. The Balaban J connectivity index is 2.38. The molecular formula is C22H24N2O3. The molecule has 5 heteroatoms. The van der Waals surface area contributed by atoms with Crippen LogP contribution in [0.15, 0.2) is 48.0 Å². The standard InChI is InChI=1S/C22H24N2O3/c1-5-16-9-6-7-11-19(16)24-22(25)18(14-23)13-17-10-8-12-20(26-4)21(17)27-15(2)3/h6-13,15H,5H2,1-4H3,(H,24,25)/b18-13-. The van der Waals surface area contributed by atoms with Crippen LogP contribution in [0.2, 0.25) is 0 Å². The van der Waals surface area contributed by atoms with Crippen LogP contribution in [0.3, 0.4) is 0 Å². The van der Waals surface area contributed by atoms with Crippen molar-refractivity contribution in [1.82, 2.24) is 0 Å². The number of nitrogens with zero attached hydrogens (tertiary/aromatic N) is 1. The molecular weight excluding hydrogens is 340 g/mol. The van der Waals surface area contributed by atoms with Crippen molar-refractivity contribution in [2.24, 2.45) is 0 Å². The highest BCUT2D eigenvalue weighted by atomic mass is 16.5. The Labute approximate surface area is 160 Å². The number of hydrogen-bond donors (Lipinski definition) is 1. The fourth-order valence-corrected chi connectivity index (χ4v) is 2.61. The summed E-state index contributed by atoms with van der Waals surface area (Å²) >= 11 is 0. The van der Waals surface area contributed by atoms with Crippen molar-refractivity contribution < 1.29 is 14.3 Å². The van der Waals surface area contributed by atoms with Gasteiger partial charge in [-0.25, -0.2) is 0 Å². The minimum absolute atomic E-state index is 0.0113. The molecule has 140 valence electrons. The topological polar surface area (TPSA) is 71.4 Å². The van der Waals surface area contributed by atoms with Crippen molar-refractivity contribution in [1.29, 1.82) is 5.26 Å². The van der Waals surface area contributed by atoms with E-state index in [4.69, 9.17) is 9.47 Å². The van der Waals surface area contributed by atoms with Crippen LogP contribution in [-0.2, 0) is 11.2 Å². The molecule has 0 heterocycles. The predicted octanol–water partition coefficient (Wildman–Crippen LogP) is 4.59. The van der Waals surface area contributed by atoms with E-state index < -0.39 is 5.91 Å². The van der Waals surface area contributed by atoms with Crippen LogP contribution >= 0.6 is 0 Å². The molecule has 2 aromatic rings. The Morgan fingerprint density at radius 3 is 2.59 bits per heavy atom. The van der Waals surface area contributed by atoms with E-state index in [1.165, 1.54) is 6.08 Å². The Bertz CT molecular complexity index is 879. The Morgan fingerprint density at radius 1 is 1.22 bits per heavy atom. The first-order valence-corrected chi connectivity index (χ1v) is 8.84. The van der Waals surface area contributed by atoms with Gasteiger partial charge in [-0.1, -0.05) is 37.3 Å². The van der Waals surface area contributed by atoms with Gasteiger partial charge in [0.25, 0.3) is 5.91 Å². The maximum absolute atomic E-state index is 12.6. The normalized spacial score (nSPS) is 11.0. The Hall–Kier alpha value is -3.26. The summed E-state index contributed by atoms with van der Waals surface area (Å²) < 4.78 is 11.2. The monoisotopic (exact) mass is 364 g/mol. The second kappa shape index (κ2) is 9.44. The van der Waals surface area contributed by atoms with E-state index in [-0.39, 0.29) is 11.7 Å². The van der Waals surface area contributed by atoms with E-state index in [0.29, 0.717) is 22.7 Å². The minimum Gasteiger partial charge on any atom is -0.493 e. The smallest absolute Gasteiger partial charge is 0.266 e. The molecule has 0 bridgehead atoms. The molecule has 0 radical (unpaired) electrons. The van der Waals surface area contributed by atoms with Gasteiger partial charge in [0.05, 0.1) is 13.2 Å². The maximum atomic E-state index is 12.6. The van der Waals surface area contributed by atoms with Crippen LogP contribution < -0.4 is 14.8 Å². The first-order chi connectivity index (χ1) is 13.0. The fourth-order valence-electron chi connectivity index (χ4n) is 2.61. The summed E-state index contributed by atoms with van der Waals surface area (Å²) in [4.78, 5) is 12.6. The molecule has 27 heavy (non-hydrogen) atoms. The average Bonchev–Trinajstić information content (AvgIpc) is 2.66. The third-order valence-corrected chi connectivity index (χ3v) is 3.89. The van der Waals surface area contributed by atoms with E-state index in [2.05, 4.69) is 5.32 Å². The number of carbonyl (C=O) groups is 1. The van der Waals surface area contributed by atoms with Crippen molar-refractivity contribution in [3.63, 3.8) is 0 Å². The number of anilines is 1. The van der Waals surface area contributed by atoms with E-state index in [0.717, 1.165) is 12.0 Å². The summed E-state index contributed by atoms with van der Waals surface area (Å²) in [5.41, 5.74) is 2.31. The predicted molar refractivity (Wildman–Crippen MR) is 107 cm³/mol. The number of ether oxygens (including phenoxy) is 2. The molecule has 0 unspecified atom stereocenters. The number of nitrogens with one attached hydrogen (secondary N) is 1. The molecule has 0 fully saturated rings. The maximum Gasteiger partial charge on any atom is 0.266 e. The first kappa shape index (κ1) is 20.1. The largest absolute Gasteiger partial charge is 0.493 e. The highest BCUT2D eigenvalue weighted by Crippen LogP contribution is 2.33. The van der Waals surface area contributed by atoms with Crippen molar-refractivity contribution in [2.45, 2.75) is 33.3 Å². The van der Waals surface area contributed by atoms with Gasteiger partial charge in [0, 0.05) is 11.3 Å². The number of para-hydroxylation sites is 2.